The molecule has 1 aliphatic rings. The molecule has 7 nitrogen and oxygen atoms in total. The minimum absolute atomic E-state index is 0.183. The summed E-state index contributed by atoms with van der Waals surface area (Å²) >= 11 is 1.30. The number of nitrogens with zero attached hydrogens (tertiary/aromatic N) is 1. The molecule has 0 bridgehead atoms. The Hall–Kier alpha value is -3.96. The molecule has 0 atom stereocenters. The van der Waals surface area contributed by atoms with Gasteiger partial charge in [0.15, 0.2) is 18.1 Å². The Labute approximate surface area is 188 Å². The average Bonchev–Trinajstić information content (AvgIpc) is 3.30. The van der Waals surface area contributed by atoms with Gasteiger partial charge in [0, 0.05) is 16.3 Å². The predicted octanol–water partition coefficient (Wildman–Crippen LogP) is 3.91. The highest BCUT2D eigenvalue weighted by Crippen LogP contribution is 2.33. The van der Waals surface area contributed by atoms with Crippen LogP contribution in [0.4, 0.5) is 0 Å². The van der Waals surface area contributed by atoms with Gasteiger partial charge < -0.3 is 19.5 Å². The summed E-state index contributed by atoms with van der Waals surface area (Å²) in [6, 6.07) is 21.6. The van der Waals surface area contributed by atoms with E-state index >= 15 is 0 Å². The third kappa shape index (κ3) is 5.02. The monoisotopic (exact) mass is 446 g/mol. The molecule has 1 heterocycles. The minimum atomic E-state index is -0.610. The zero-order valence-corrected chi connectivity index (χ0v) is 17.7. The Morgan fingerprint density at radius 2 is 1.75 bits per heavy atom. The third-order valence-electron chi connectivity index (χ3n) is 4.60. The fourth-order valence-corrected chi connectivity index (χ4v) is 4.02. The number of amides is 1. The SMILES string of the molecule is N#Cc1ccccc1Sc1ccccc1C(=O)OCC(=O)NCc1ccc2c(c1)OCO2. The molecule has 3 aromatic carbocycles. The first-order valence-corrected chi connectivity index (χ1v) is 10.5. The second kappa shape index (κ2) is 9.90. The van der Waals surface area contributed by atoms with Crippen molar-refractivity contribution in [3.05, 3.63) is 83.4 Å². The number of ether oxygens (including phenoxy) is 3. The molecular formula is C24H18N2O5S. The zero-order chi connectivity index (χ0) is 22.3. The van der Waals surface area contributed by atoms with Crippen LogP contribution in [0.1, 0.15) is 21.5 Å². The van der Waals surface area contributed by atoms with E-state index in [1.807, 2.05) is 18.2 Å². The second-order valence-corrected chi connectivity index (χ2v) is 7.83. The smallest absolute Gasteiger partial charge is 0.339 e. The number of rotatable bonds is 7. The number of benzene rings is 3. The summed E-state index contributed by atoms with van der Waals surface area (Å²) < 4.78 is 15.8. The third-order valence-corrected chi connectivity index (χ3v) is 5.75. The van der Waals surface area contributed by atoms with Crippen LogP contribution in [0.3, 0.4) is 0 Å². The largest absolute Gasteiger partial charge is 0.454 e. The molecular weight excluding hydrogens is 428 g/mol. The van der Waals surface area contributed by atoms with E-state index in [0.717, 1.165) is 10.5 Å². The van der Waals surface area contributed by atoms with Crippen molar-refractivity contribution in [3.63, 3.8) is 0 Å². The maximum Gasteiger partial charge on any atom is 0.339 e. The molecule has 4 rings (SSSR count). The molecule has 0 spiro atoms. The van der Waals surface area contributed by atoms with Gasteiger partial charge in [-0.3, -0.25) is 4.79 Å². The van der Waals surface area contributed by atoms with E-state index in [1.165, 1.54) is 11.8 Å². The molecule has 0 fully saturated rings. The summed E-state index contributed by atoms with van der Waals surface area (Å²) in [5.41, 5.74) is 1.68. The lowest BCUT2D eigenvalue weighted by atomic mass is 10.2. The predicted molar refractivity (Wildman–Crippen MR) is 116 cm³/mol. The maximum atomic E-state index is 12.6. The molecule has 1 aliphatic heterocycles. The molecule has 8 heteroatoms. The topological polar surface area (TPSA) is 97.7 Å². The molecule has 0 saturated heterocycles. The molecule has 0 aliphatic carbocycles. The molecule has 1 amide bonds. The highest BCUT2D eigenvalue weighted by Gasteiger charge is 2.17. The fourth-order valence-electron chi connectivity index (χ4n) is 3.00. The van der Waals surface area contributed by atoms with Crippen molar-refractivity contribution >= 4 is 23.6 Å². The highest BCUT2D eigenvalue weighted by atomic mass is 32.2. The van der Waals surface area contributed by atoms with Gasteiger partial charge in [-0.2, -0.15) is 5.26 Å². The van der Waals surface area contributed by atoms with Crippen LogP contribution in [0.25, 0.3) is 0 Å². The number of nitrogens with one attached hydrogen (secondary N) is 1. The Morgan fingerprint density at radius 3 is 2.59 bits per heavy atom. The Bertz CT molecular complexity index is 1200. The van der Waals surface area contributed by atoms with Crippen LogP contribution in [0, 0.1) is 11.3 Å². The van der Waals surface area contributed by atoms with Gasteiger partial charge in [0.1, 0.15) is 6.07 Å². The van der Waals surface area contributed by atoms with E-state index in [9.17, 15) is 14.9 Å². The van der Waals surface area contributed by atoms with Crippen LogP contribution in [-0.4, -0.2) is 25.3 Å². The van der Waals surface area contributed by atoms with Crippen molar-refractivity contribution in [1.29, 1.82) is 5.26 Å². The number of carbonyl (C=O) groups is 2. The molecule has 0 radical (unpaired) electrons. The van der Waals surface area contributed by atoms with Crippen LogP contribution in [0.2, 0.25) is 0 Å². The van der Waals surface area contributed by atoms with Gasteiger partial charge in [-0.05, 0) is 42.0 Å². The van der Waals surface area contributed by atoms with Crippen LogP contribution >= 0.6 is 11.8 Å². The van der Waals surface area contributed by atoms with Crippen LogP contribution in [-0.2, 0) is 16.1 Å². The summed E-state index contributed by atoms with van der Waals surface area (Å²) in [6.07, 6.45) is 0. The van der Waals surface area contributed by atoms with Crippen LogP contribution in [0.5, 0.6) is 11.5 Å². The number of nitriles is 1. The molecule has 3 aromatic rings. The molecule has 32 heavy (non-hydrogen) atoms. The quantitative estimate of drug-likeness (QED) is 0.550. The summed E-state index contributed by atoms with van der Waals surface area (Å²) in [5.74, 6) is 0.273. The number of fused-ring (bicyclic) bond motifs is 1. The van der Waals surface area contributed by atoms with E-state index in [-0.39, 0.29) is 13.3 Å². The van der Waals surface area contributed by atoms with Crippen LogP contribution in [0.15, 0.2) is 76.5 Å². The maximum absolute atomic E-state index is 12.6. The first-order valence-electron chi connectivity index (χ1n) is 9.72. The van der Waals surface area contributed by atoms with E-state index < -0.39 is 18.5 Å². The Morgan fingerprint density at radius 1 is 1.00 bits per heavy atom. The van der Waals surface area contributed by atoms with Gasteiger partial charge in [0.2, 0.25) is 6.79 Å². The number of carbonyl (C=O) groups excluding carboxylic acids is 2. The molecule has 0 aromatic heterocycles. The summed E-state index contributed by atoms with van der Waals surface area (Å²) in [4.78, 5) is 26.1. The zero-order valence-electron chi connectivity index (χ0n) is 16.9. The second-order valence-electron chi connectivity index (χ2n) is 6.75. The van der Waals surface area contributed by atoms with Gasteiger partial charge >= 0.3 is 5.97 Å². The minimum Gasteiger partial charge on any atom is -0.454 e. The first kappa shape index (κ1) is 21.3. The Kier molecular flexibility index (Phi) is 6.58. The lowest BCUT2D eigenvalue weighted by Crippen LogP contribution is -2.28. The number of hydrogen-bond acceptors (Lipinski definition) is 7. The van der Waals surface area contributed by atoms with Crippen molar-refractivity contribution in [2.24, 2.45) is 0 Å². The van der Waals surface area contributed by atoms with Crippen molar-refractivity contribution in [1.82, 2.24) is 5.32 Å². The van der Waals surface area contributed by atoms with E-state index in [4.69, 9.17) is 14.2 Å². The molecule has 0 saturated carbocycles. The average molecular weight is 446 g/mol. The summed E-state index contributed by atoms with van der Waals surface area (Å²) in [7, 11) is 0. The van der Waals surface area contributed by atoms with Gasteiger partial charge in [-0.15, -0.1) is 0 Å². The van der Waals surface area contributed by atoms with Gasteiger partial charge in [-0.25, -0.2) is 4.79 Å². The molecule has 160 valence electrons. The van der Waals surface area contributed by atoms with Gasteiger partial charge in [-0.1, -0.05) is 42.1 Å². The van der Waals surface area contributed by atoms with E-state index in [2.05, 4.69) is 11.4 Å². The van der Waals surface area contributed by atoms with E-state index in [0.29, 0.717) is 27.5 Å². The first-order chi connectivity index (χ1) is 15.6. The molecule has 0 unspecified atom stereocenters. The Balaban J connectivity index is 1.34. The van der Waals surface area contributed by atoms with Crippen LogP contribution < -0.4 is 14.8 Å². The molecule has 1 N–H and O–H groups in total. The lowest BCUT2D eigenvalue weighted by Gasteiger charge is -2.10. The van der Waals surface area contributed by atoms with Gasteiger partial charge in [0.05, 0.1) is 11.1 Å². The fraction of sp³-hybridized carbons (Fsp3) is 0.125. The standard InChI is InChI=1S/C24H18N2O5S/c25-12-17-5-1-3-7-21(17)32-22-8-4-2-6-18(22)24(28)29-14-23(27)26-13-16-9-10-19-20(11-16)31-15-30-19/h1-11H,13-15H2,(H,26,27). The summed E-state index contributed by atoms with van der Waals surface area (Å²) in [5, 5.41) is 12.0. The van der Waals surface area contributed by atoms with Crippen molar-refractivity contribution in [2.75, 3.05) is 13.4 Å². The normalized spacial score (nSPS) is 11.5. The van der Waals surface area contributed by atoms with E-state index in [1.54, 1.807) is 48.5 Å². The van der Waals surface area contributed by atoms with Gasteiger partial charge in [0.25, 0.3) is 5.91 Å². The number of esters is 1. The highest BCUT2D eigenvalue weighted by molar-refractivity contribution is 7.99. The number of hydrogen-bond donors (Lipinski definition) is 1. The summed E-state index contributed by atoms with van der Waals surface area (Å²) in [6.45, 7) is 0.0462. The lowest BCUT2D eigenvalue weighted by molar-refractivity contribution is -0.124. The van der Waals surface area contributed by atoms with Crippen molar-refractivity contribution in [2.45, 2.75) is 16.3 Å². The van der Waals surface area contributed by atoms with Crippen molar-refractivity contribution < 1.29 is 23.8 Å². The van der Waals surface area contributed by atoms with Crippen molar-refractivity contribution in [3.8, 4) is 17.6 Å².